The standard InChI is InChI=1S/C16H17ClN2O3/c1-3-12-7-8-13(22-12)14(20)19-16(2,15(18)21)10-5-4-6-11(17)9-10/h4-9H,3H2,1-2H3,(H2,18,21)(H,19,20)/t16-/m0/s1. The monoisotopic (exact) mass is 320 g/mol. The first kappa shape index (κ1) is 16.1. The summed E-state index contributed by atoms with van der Waals surface area (Å²) in [5, 5.41) is 3.07. The maximum atomic E-state index is 12.3. The van der Waals surface area contributed by atoms with E-state index in [1.807, 2.05) is 6.92 Å². The first-order chi connectivity index (χ1) is 10.4. The molecule has 6 heteroatoms. The average molecular weight is 321 g/mol. The van der Waals surface area contributed by atoms with E-state index < -0.39 is 17.4 Å². The number of primary amides is 1. The smallest absolute Gasteiger partial charge is 0.288 e. The lowest BCUT2D eigenvalue weighted by Crippen LogP contribution is -2.52. The van der Waals surface area contributed by atoms with Crippen LogP contribution in [0.15, 0.2) is 40.8 Å². The Morgan fingerprint density at radius 2 is 2.05 bits per heavy atom. The summed E-state index contributed by atoms with van der Waals surface area (Å²) in [7, 11) is 0. The molecule has 0 bridgehead atoms. The zero-order valence-corrected chi connectivity index (χ0v) is 13.1. The maximum Gasteiger partial charge on any atom is 0.288 e. The molecule has 0 aliphatic heterocycles. The van der Waals surface area contributed by atoms with Crippen LogP contribution in [0.2, 0.25) is 5.02 Å². The lowest BCUT2D eigenvalue weighted by Gasteiger charge is -2.27. The fourth-order valence-electron chi connectivity index (χ4n) is 2.05. The van der Waals surface area contributed by atoms with E-state index >= 15 is 0 Å². The van der Waals surface area contributed by atoms with Gasteiger partial charge in [0.05, 0.1) is 0 Å². The Kier molecular flexibility index (Phi) is 4.56. The maximum absolute atomic E-state index is 12.3. The van der Waals surface area contributed by atoms with Gasteiger partial charge in [-0.15, -0.1) is 0 Å². The second-order valence-corrected chi connectivity index (χ2v) is 5.51. The van der Waals surface area contributed by atoms with Gasteiger partial charge in [0.25, 0.3) is 5.91 Å². The van der Waals surface area contributed by atoms with Crippen molar-refractivity contribution < 1.29 is 14.0 Å². The number of carbonyl (C=O) groups is 2. The van der Waals surface area contributed by atoms with Crippen molar-refractivity contribution >= 4 is 23.4 Å². The van der Waals surface area contributed by atoms with Crippen LogP contribution < -0.4 is 11.1 Å². The summed E-state index contributed by atoms with van der Waals surface area (Å²) in [5.74, 6) is -0.383. The summed E-state index contributed by atoms with van der Waals surface area (Å²) in [5.41, 5.74) is 4.60. The third-order valence-electron chi connectivity index (χ3n) is 3.49. The zero-order chi connectivity index (χ0) is 16.3. The zero-order valence-electron chi connectivity index (χ0n) is 12.4. The van der Waals surface area contributed by atoms with Crippen molar-refractivity contribution in [2.24, 2.45) is 5.73 Å². The fraction of sp³-hybridized carbons (Fsp3) is 0.250. The van der Waals surface area contributed by atoms with Crippen LogP contribution in [0.4, 0.5) is 0 Å². The number of carbonyl (C=O) groups excluding carboxylic acids is 2. The molecule has 0 saturated heterocycles. The minimum Gasteiger partial charge on any atom is -0.456 e. The van der Waals surface area contributed by atoms with E-state index in [9.17, 15) is 9.59 Å². The molecule has 2 amide bonds. The molecular weight excluding hydrogens is 304 g/mol. The number of amides is 2. The van der Waals surface area contributed by atoms with E-state index in [4.69, 9.17) is 21.8 Å². The molecule has 0 saturated carbocycles. The summed E-state index contributed by atoms with van der Waals surface area (Å²) < 4.78 is 5.39. The molecule has 2 aromatic rings. The highest BCUT2D eigenvalue weighted by Crippen LogP contribution is 2.24. The van der Waals surface area contributed by atoms with Crippen molar-refractivity contribution in [3.63, 3.8) is 0 Å². The third kappa shape index (κ3) is 3.14. The van der Waals surface area contributed by atoms with Crippen LogP contribution in [0.25, 0.3) is 0 Å². The van der Waals surface area contributed by atoms with Gasteiger partial charge >= 0.3 is 0 Å². The summed E-state index contributed by atoms with van der Waals surface area (Å²) in [6, 6.07) is 9.91. The molecule has 5 nitrogen and oxygen atoms in total. The number of aryl methyl sites for hydroxylation is 1. The number of benzene rings is 1. The highest BCUT2D eigenvalue weighted by molar-refractivity contribution is 6.30. The molecule has 22 heavy (non-hydrogen) atoms. The Morgan fingerprint density at radius 3 is 2.59 bits per heavy atom. The predicted molar refractivity (Wildman–Crippen MR) is 83.6 cm³/mol. The van der Waals surface area contributed by atoms with Crippen LogP contribution in [0.3, 0.4) is 0 Å². The summed E-state index contributed by atoms with van der Waals surface area (Å²) in [6.07, 6.45) is 0.675. The highest BCUT2D eigenvalue weighted by Gasteiger charge is 2.36. The second kappa shape index (κ2) is 6.23. The molecule has 1 atom stereocenters. The SMILES string of the molecule is CCc1ccc(C(=O)N[C@](C)(C(N)=O)c2cccc(Cl)c2)o1. The molecule has 0 aliphatic rings. The van der Waals surface area contributed by atoms with Gasteiger partial charge in [-0.2, -0.15) is 0 Å². The van der Waals surface area contributed by atoms with Crippen LogP contribution in [0, 0.1) is 0 Å². The molecule has 0 aliphatic carbocycles. The van der Waals surface area contributed by atoms with E-state index in [1.165, 1.54) is 6.92 Å². The van der Waals surface area contributed by atoms with Crippen molar-refractivity contribution in [1.82, 2.24) is 5.32 Å². The largest absolute Gasteiger partial charge is 0.456 e. The number of rotatable bonds is 5. The number of hydrogen-bond acceptors (Lipinski definition) is 3. The van der Waals surface area contributed by atoms with Gasteiger partial charge < -0.3 is 15.5 Å². The van der Waals surface area contributed by atoms with E-state index in [-0.39, 0.29) is 5.76 Å². The predicted octanol–water partition coefficient (Wildman–Crippen LogP) is 2.63. The number of nitrogens with one attached hydrogen (secondary N) is 1. The lowest BCUT2D eigenvalue weighted by atomic mass is 9.91. The Balaban J connectivity index is 2.32. The normalized spacial score (nSPS) is 13.4. The van der Waals surface area contributed by atoms with E-state index in [0.29, 0.717) is 22.8 Å². The van der Waals surface area contributed by atoms with E-state index in [0.717, 1.165) is 0 Å². The van der Waals surface area contributed by atoms with Crippen molar-refractivity contribution in [1.29, 1.82) is 0 Å². The first-order valence-electron chi connectivity index (χ1n) is 6.84. The summed E-state index contributed by atoms with van der Waals surface area (Å²) in [6.45, 7) is 3.45. The van der Waals surface area contributed by atoms with Crippen molar-refractivity contribution in [3.8, 4) is 0 Å². The molecule has 1 aromatic carbocycles. The van der Waals surface area contributed by atoms with Crippen LogP contribution in [-0.2, 0) is 16.8 Å². The van der Waals surface area contributed by atoms with Crippen molar-refractivity contribution in [2.45, 2.75) is 25.8 Å². The number of hydrogen-bond donors (Lipinski definition) is 2. The van der Waals surface area contributed by atoms with Crippen molar-refractivity contribution in [2.75, 3.05) is 0 Å². The van der Waals surface area contributed by atoms with Crippen LogP contribution >= 0.6 is 11.6 Å². The minimum atomic E-state index is -1.39. The summed E-state index contributed by atoms with van der Waals surface area (Å²) >= 11 is 5.95. The van der Waals surface area contributed by atoms with Gasteiger partial charge in [0.2, 0.25) is 5.91 Å². The topological polar surface area (TPSA) is 85.3 Å². The van der Waals surface area contributed by atoms with Gasteiger partial charge in [0.15, 0.2) is 5.76 Å². The Morgan fingerprint density at radius 1 is 1.32 bits per heavy atom. The molecule has 0 fully saturated rings. The van der Waals surface area contributed by atoms with Gasteiger partial charge in [-0.1, -0.05) is 30.7 Å². The van der Waals surface area contributed by atoms with Gasteiger partial charge in [0, 0.05) is 11.4 Å². The third-order valence-corrected chi connectivity index (χ3v) is 3.73. The Hall–Kier alpha value is -2.27. The van der Waals surface area contributed by atoms with Crippen LogP contribution in [-0.4, -0.2) is 11.8 Å². The fourth-order valence-corrected chi connectivity index (χ4v) is 2.24. The van der Waals surface area contributed by atoms with Gasteiger partial charge in [-0.3, -0.25) is 9.59 Å². The lowest BCUT2D eigenvalue weighted by molar-refractivity contribution is -0.123. The molecule has 116 valence electrons. The van der Waals surface area contributed by atoms with Gasteiger partial charge in [0.1, 0.15) is 11.3 Å². The van der Waals surface area contributed by atoms with E-state index in [1.54, 1.807) is 36.4 Å². The second-order valence-electron chi connectivity index (χ2n) is 5.07. The molecule has 1 heterocycles. The van der Waals surface area contributed by atoms with Gasteiger partial charge in [-0.05, 0) is 36.8 Å². The number of nitrogens with two attached hydrogens (primary N) is 1. The highest BCUT2D eigenvalue weighted by atomic mass is 35.5. The van der Waals surface area contributed by atoms with Gasteiger partial charge in [-0.25, -0.2) is 0 Å². The molecule has 0 spiro atoms. The molecular formula is C16H17ClN2O3. The van der Waals surface area contributed by atoms with E-state index in [2.05, 4.69) is 5.32 Å². The van der Waals surface area contributed by atoms with Crippen molar-refractivity contribution in [3.05, 3.63) is 58.5 Å². The minimum absolute atomic E-state index is 0.131. The van der Waals surface area contributed by atoms with Crippen LogP contribution in [0.1, 0.15) is 35.7 Å². The Labute approximate surface area is 133 Å². The number of furan rings is 1. The molecule has 1 aromatic heterocycles. The summed E-state index contributed by atoms with van der Waals surface area (Å²) in [4.78, 5) is 24.2. The quantitative estimate of drug-likeness (QED) is 0.888. The average Bonchev–Trinajstić information content (AvgIpc) is 2.96. The number of halogens is 1. The first-order valence-corrected chi connectivity index (χ1v) is 7.21. The molecule has 3 N–H and O–H groups in total. The molecule has 2 rings (SSSR count). The Bertz CT molecular complexity index is 711. The molecule has 0 radical (unpaired) electrons. The molecule has 0 unspecified atom stereocenters. The van der Waals surface area contributed by atoms with Crippen LogP contribution in [0.5, 0.6) is 0 Å².